The van der Waals surface area contributed by atoms with Crippen LogP contribution in [0.1, 0.15) is 64.1 Å². The second kappa shape index (κ2) is 12.9. The summed E-state index contributed by atoms with van der Waals surface area (Å²) in [4.78, 5) is 0. The molecule has 0 spiro atoms. The van der Waals surface area contributed by atoms with Crippen molar-refractivity contribution in [3.05, 3.63) is 180 Å². The molecule has 4 heterocycles. The highest BCUT2D eigenvalue weighted by Crippen LogP contribution is 2.45. The van der Waals surface area contributed by atoms with E-state index in [1.165, 1.54) is 99.3 Å². The van der Waals surface area contributed by atoms with Gasteiger partial charge in [0.05, 0.1) is 33.1 Å². The molecular formula is C56H50N4. The highest BCUT2D eigenvalue weighted by atomic mass is 15.0. The highest BCUT2D eigenvalue weighted by Gasteiger charge is 2.31. The van der Waals surface area contributed by atoms with Gasteiger partial charge in [0.1, 0.15) is 0 Å². The topological polar surface area (TPSA) is 19.7 Å². The van der Waals surface area contributed by atoms with E-state index in [4.69, 9.17) is 0 Å². The van der Waals surface area contributed by atoms with Crippen LogP contribution >= 0.6 is 0 Å². The number of benzene rings is 7. The number of rotatable bonds is 4. The van der Waals surface area contributed by atoms with Gasteiger partial charge in [-0.25, -0.2) is 0 Å². The first-order valence-corrected chi connectivity index (χ1v) is 21.3. The van der Waals surface area contributed by atoms with E-state index in [9.17, 15) is 0 Å². The molecule has 7 aromatic carbocycles. The Balaban J connectivity index is 1.13. The van der Waals surface area contributed by atoms with Gasteiger partial charge in [-0.3, -0.25) is 0 Å². The summed E-state index contributed by atoms with van der Waals surface area (Å²) in [7, 11) is 0. The average Bonchev–Trinajstić information content (AvgIpc) is 3.95. The van der Waals surface area contributed by atoms with E-state index in [2.05, 4.69) is 231 Å². The zero-order chi connectivity index (χ0) is 41.2. The van der Waals surface area contributed by atoms with Crippen molar-refractivity contribution in [3.8, 4) is 22.7 Å². The molecule has 0 aliphatic heterocycles. The second-order valence-electron chi connectivity index (χ2n) is 18.7. The number of aryl methyl sites for hydroxylation is 2. The SMILES string of the molecule is Cc1c(C(C)(C)C)n(-c2ccc(-n3c4ccccc4c4ccccc43)cc2)c2c1ccc1c2c(C)c(C(C)(C)C)n1-c1ccc(-n2c3ccccc3c3ccccc32)cc1. The van der Waals surface area contributed by atoms with Crippen LogP contribution in [0, 0.1) is 13.8 Å². The molecule has 4 nitrogen and oxygen atoms in total. The molecule has 11 aromatic rings. The molecule has 0 aliphatic rings. The fraction of sp³-hybridized carbons (Fsp3) is 0.179. The Morgan fingerprint density at radius 1 is 0.300 bits per heavy atom. The van der Waals surface area contributed by atoms with Crippen LogP contribution in [0.2, 0.25) is 0 Å². The molecule has 0 saturated heterocycles. The van der Waals surface area contributed by atoms with E-state index in [-0.39, 0.29) is 10.8 Å². The van der Waals surface area contributed by atoms with Crippen molar-refractivity contribution < 1.29 is 0 Å². The monoisotopic (exact) mass is 778 g/mol. The van der Waals surface area contributed by atoms with Crippen LogP contribution in [0.5, 0.6) is 0 Å². The lowest BCUT2D eigenvalue weighted by Gasteiger charge is -2.24. The van der Waals surface area contributed by atoms with Crippen molar-refractivity contribution >= 4 is 65.4 Å². The lowest BCUT2D eigenvalue weighted by Crippen LogP contribution is -2.18. The van der Waals surface area contributed by atoms with Crippen LogP contribution < -0.4 is 0 Å². The summed E-state index contributed by atoms with van der Waals surface area (Å²) in [5.41, 5.74) is 17.2. The molecule has 0 radical (unpaired) electrons. The second-order valence-corrected chi connectivity index (χ2v) is 18.7. The minimum Gasteiger partial charge on any atom is -0.313 e. The molecule has 0 aliphatic carbocycles. The molecule has 4 aromatic heterocycles. The number of para-hydroxylation sites is 4. The van der Waals surface area contributed by atoms with E-state index in [1.807, 2.05) is 0 Å². The van der Waals surface area contributed by atoms with Gasteiger partial charge in [0, 0.05) is 77.3 Å². The maximum absolute atomic E-state index is 2.58. The third-order valence-electron chi connectivity index (χ3n) is 12.9. The fourth-order valence-electron chi connectivity index (χ4n) is 10.7. The maximum atomic E-state index is 2.58. The number of aromatic nitrogens is 4. The summed E-state index contributed by atoms with van der Waals surface area (Å²) in [6.45, 7) is 18.8. The minimum atomic E-state index is -0.121. The van der Waals surface area contributed by atoms with Gasteiger partial charge in [0.25, 0.3) is 0 Å². The van der Waals surface area contributed by atoms with Crippen molar-refractivity contribution in [2.24, 2.45) is 0 Å². The molecule has 0 amide bonds. The molecule has 294 valence electrons. The normalized spacial score (nSPS) is 12.7. The quantitative estimate of drug-likeness (QED) is 0.170. The summed E-state index contributed by atoms with van der Waals surface area (Å²) in [6, 6.07) is 58.2. The first-order valence-electron chi connectivity index (χ1n) is 21.3. The Bertz CT molecular complexity index is 3390. The first kappa shape index (κ1) is 36.3. The summed E-state index contributed by atoms with van der Waals surface area (Å²) < 4.78 is 9.92. The number of fused-ring (bicyclic) bond motifs is 9. The highest BCUT2D eigenvalue weighted by molar-refractivity contribution is 6.12. The Kier molecular flexibility index (Phi) is 7.78. The van der Waals surface area contributed by atoms with E-state index in [0.717, 1.165) is 11.4 Å². The lowest BCUT2D eigenvalue weighted by molar-refractivity contribution is 0.555. The predicted octanol–water partition coefficient (Wildman–Crippen LogP) is 15.0. The van der Waals surface area contributed by atoms with E-state index in [1.54, 1.807) is 0 Å². The van der Waals surface area contributed by atoms with Crippen molar-refractivity contribution in [1.29, 1.82) is 0 Å². The van der Waals surface area contributed by atoms with Crippen molar-refractivity contribution in [2.45, 2.75) is 66.2 Å². The van der Waals surface area contributed by atoms with Gasteiger partial charge in [-0.2, -0.15) is 0 Å². The van der Waals surface area contributed by atoms with Gasteiger partial charge in [0.2, 0.25) is 0 Å². The Labute approximate surface area is 351 Å². The smallest absolute Gasteiger partial charge is 0.0631 e. The maximum Gasteiger partial charge on any atom is 0.0631 e. The summed E-state index contributed by atoms with van der Waals surface area (Å²) >= 11 is 0. The largest absolute Gasteiger partial charge is 0.313 e. The number of nitrogens with zero attached hydrogens (tertiary/aromatic N) is 4. The molecule has 0 bridgehead atoms. The van der Waals surface area contributed by atoms with Gasteiger partial charge in [-0.1, -0.05) is 120 Å². The summed E-state index contributed by atoms with van der Waals surface area (Å²) in [5.74, 6) is 0. The van der Waals surface area contributed by atoms with Gasteiger partial charge in [0.15, 0.2) is 0 Å². The number of hydrogen-bond acceptors (Lipinski definition) is 0. The average molecular weight is 779 g/mol. The van der Waals surface area contributed by atoms with Crippen LogP contribution in [0.4, 0.5) is 0 Å². The number of hydrogen-bond donors (Lipinski definition) is 0. The molecule has 4 heteroatoms. The molecule has 11 rings (SSSR count). The van der Waals surface area contributed by atoms with Crippen molar-refractivity contribution in [3.63, 3.8) is 0 Å². The molecule has 0 saturated carbocycles. The van der Waals surface area contributed by atoms with E-state index < -0.39 is 0 Å². The fourth-order valence-corrected chi connectivity index (χ4v) is 10.7. The molecule has 0 fully saturated rings. The Morgan fingerprint density at radius 2 is 0.633 bits per heavy atom. The van der Waals surface area contributed by atoms with E-state index >= 15 is 0 Å². The van der Waals surface area contributed by atoms with Crippen LogP contribution in [-0.4, -0.2) is 18.3 Å². The zero-order valence-electron chi connectivity index (χ0n) is 35.8. The third kappa shape index (κ3) is 5.16. The van der Waals surface area contributed by atoms with Gasteiger partial charge in [-0.15, -0.1) is 0 Å². The van der Waals surface area contributed by atoms with Crippen LogP contribution in [0.25, 0.3) is 88.2 Å². The zero-order valence-corrected chi connectivity index (χ0v) is 35.8. The molecule has 60 heavy (non-hydrogen) atoms. The molecular weight excluding hydrogens is 729 g/mol. The molecule has 0 unspecified atom stereocenters. The predicted molar refractivity (Wildman–Crippen MR) is 256 cm³/mol. The molecule has 0 N–H and O–H groups in total. The van der Waals surface area contributed by atoms with Gasteiger partial charge < -0.3 is 18.3 Å². The molecule has 0 atom stereocenters. The van der Waals surface area contributed by atoms with E-state index in [0.29, 0.717) is 0 Å². The van der Waals surface area contributed by atoms with Crippen molar-refractivity contribution in [1.82, 2.24) is 18.3 Å². The Morgan fingerprint density at radius 3 is 1.02 bits per heavy atom. The Hall–Kier alpha value is -6.78. The first-order chi connectivity index (χ1) is 28.9. The van der Waals surface area contributed by atoms with Gasteiger partial charge in [-0.05, 0) is 104 Å². The van der Waals surface area contributed by atoms with Crippen LogP contribution in [0.3, 0.4) is 0 Å². The minimum absolute atomic E-state index is 0.104. The third-order valence-corrected chi connectivity index (χ3v) is 12.9. The van der Waals surface area contributed by atoms with Crippen LogP contribution in [0.15, 0.2) is 158 Å². The summed E-state index contributed by atoms with van der Waals surface area (Å²) in [5, 5.41) is 7.72. The van der Waals surface area contributed by atoms with Crippen molar-refractivity contribution in [2.75, 3.05) is 0 Å². The standard InChI is InChI=1S/C56H50N4/c1-35-41-33-34-50-51(36(2)54(56(6,7)8)59(50)39-29-25-37(26-30-39)57-46-21-13-9-17-42(46)43-18-10-14-22-47(43)57)52(41)60(53(35)55(3,4)5)40-31-27-38(28-32-40)58-48-23-15-11-19-44(48)45-20-12-16-24-49(45)58/h9-34H,1-8H3. The van der Waals surface area contributed by atoms with Gasteiger partial charge >= 0.3 is 0 Å². The summed E-state index contributed by atoms with van der Waals surface area (Å²) in [6.07, 6.45) is 0. The lowest BCUT2D eigenvalue weighted by atomic mass is 9.88. The van der Waals surface area contributed by atoms with Crippen LogP contribution in [-0.2, 0) is 10.8 Å².